The van der Waals surface area contributed by atoms with E-state index in [0.29, 0.717) is 92.9 Å². The van der Waals surface area contributed by atoms with Gasteiger partial charge in [0.2, 0.25) is 10.0 Å². The number of rotatable bonds is 6. The fourth-order valence-electron chi connectivity index (χ4n) is 4.24. The van der Waals surface area contributed by atoms with Crippen molar-refractivity contribution in [2.24, 2.45) is 0 Å². The minimum Gasteiger partial charge on any atom is -0.454 e. The normalized spacial score (nSPS) is 18.4. The number of carbonyl (C=O) groups is 1. The van der Waals surface area contributed by atoms with E-state index in [1.54, 1.807) is 12.3 Å². The lowest BCUT2D eigenvalue weighted by atomic mass is 10.2. The number of aromatic nitrogens is 3. The molecule has 0 N–H and O–H groups in total. The van der Waals surface area contributed by atoms with Crippen molar-refractivity contribution in [2.45, 2.75) is 6.54 Å². The van der Waals surface area contributed by atoms with Crippen LogP contribution in [0.25, 0.3) is 22.5 Å². The van der Waals surface area contributed by atoms with Crippen LogP contribution in [-0.2, 0) is 21.3 Å². The molecule has 2 aliphatic heterocycles. The van der Waals surface area contributed by atoms with E-state index in [2.05, 4.69) is 14.8 Å². The van der Waals surface area contributed by atoms with Crippen LogP contribution in [0.4, 0.5) is 5.82 Å². The molecule has 0 aromatic carbocycles. The molecule has 0 radical (unpaired) electrons. The smallest absolute Gasteiger partial charge is 0.211 e. The third kappa shape index (κ3) is 4.80. The van der Waals surface area contributed by atoms with Crippen molar-refractivity contribution < 1.29 is 22.4 Å². The van der Waals surface area contributed by atoms with Gasteiger partial charge in [-0.15, -0.1) is 0 Å². The molecule has 3 aromatic heterocycles. The van der Waals surface area contributed by atoms with E-state index in [9.17, 15) is 13.2 Å². The Balaban J connectivity index is 1.46. The van der Waals surface area contributed by atoms with Crippen molar-refractivity contribution in [1.29, 1.82) is 0 Å². The molecule has 0 amide bonds. The third-order valence-electron chi connectivity index (χ3n) is 6.05. The van der Waals surface area contributed by atoms with E-state index in [4.69, 9.17) is 19.1 Å². The number of anilines is 1. The summed E-state index contributed by atoms with van der Waals surface area (Å²) in [6.07, 6.45) is 5.12. The summed E-state index contributed by atoms with van der Waals surface area (Å²) >= 11 is 0. The Morgan fingerprint density at radius 1 is 1.03 bits per heavy atom. The standard InChI is InChI=1S/C22H26N6O5S/c1-34(30,31)28-4-2-26(3-5-28)14-18-11-19-20(33-18)22(27-6-8-32-9-7-27)25-21(24-19)17-10-16(15-29)12-23-13-17/h10-13,15H,2-9,14H2,1H3. The highest BCUT2D eigenvalue weighted by Crippen LogP contribution is 2.31. The van der Waals surface area contributed by atoms with E-state index >= 15 is 0 Å². The molecule has 12 heteroatoms. The Bertz CT molecular complexity index is 1300. The molecule has 180 valence electrons. The second kappa shape index (κ2) is 9.37. The maximum Gasteiger partial charge on any atom is 0.211 e. The number of pyridine rings is 1. The highest BCUT2D eigenvalue weighted by atomic mass is 32.2. The van der Waals surface area contributed by atoms with Crippen LogP contribution in [0.15, 0.2) is 28.9 Å². The number of morpholine rings is 1. The molecule has 0 atom stereocenters. The Kier molecular flexibility index (Phi) is 6.30. The molecule has 0 unspecified atom stereocenters. The van der Waals surface area contributed by atoms with Gasteiger partial charge in [-0.2, -0.15) is 4.31 Å². The number of hydrogen-bond acceptors (Lipinski definition) is 10. The number of piperazine rings is 1. The third-order valence-corrected chi connectivity index (χ3v) is 7.35. The summed E-state index contributed by atoms with van der Waals surface area (Å²) in [7, 11) is -3.17. The van der Waals surface area contributed by atoms with Crippen LogP contribution in [0.2, 0.25) is 0 Å². The first-order valence-electron chi connectivity index (χ1n) is 11.1. The van der Waals surface area contributed by atoms with Crippen LogP contribution in [0.3, 0.4) is 0 Å². The molecule has 2 fully saturated rings. The zero-order chi connectivity index (χ0) is 23.7. The monoisotopic (exact) mass is 486 g/mol. The van der Waals surface area contributed by atoms with Crippen molar-refractivity contribution in [3.05, 3.63) is 35.9 Å². The van der Waals surface area contributed by atoms with E-state index in [-0.39, 0.29) is 0 Å². The molecular weight excluding hydrogens is 460 g/mol. The summed E-state index contributed by atoms with van der Waals surface area (Å²) in [6.45, 7) is 5.28. The first kappa shape index (κ1) is 22.8. The fraction of sp³-hybridized carbons (Fsp3) is 0.455. The Labute approximate surface area is 197 Å². The molecule has 5 rings (SSSR count). The van der Waals surface area contributed by atoms with Gasteiger partial charge in [0.15, 0.2) is 23.5 Å². The zero-order valence-electron chi connectivity index (χ0n) is 18.9. The van der Waals surface area contributed by atoms with Crippen LogP contribution >= 0.6 is 0 Å². The predicted molar refractivity (Wildman–Crippen MR) is 125 cm³/mol. The number of carbonyl (C=O) groups excluding carboxylic acids is 1. The highest BCUT2D eigenvalue weighted by Gasteiger charge is 2.25. The van der Waals surface area contributed by atoms with Crippen molar-refractivity contribution in [3.8, 4) is 11.4 Å². The van der Waals surface area contributed by atoms with Crippen LogP contribution in [0.5, 0.6) is 0 Å². The Morgan fingerprint density at radius 3 is 2.50 bits per heavy atom. The van der Waals surface area contributed by atoms with Gasteiger partial charge in [-0.1, -0.05) is 0 Å². The fourth-order valence-corrected chi connectivity index (χ4v) is 5.07. The van der Waals surface area contributed by atoms with Gasteiger partial charge in [-0.05, 0) is 6.07 Å². The van der Waals surface area contributed by atoms with Crippen LogP contribution in [0.1, 0.15) is 16.1 Å². The van der Waals surface area contributed by atoms with E-state index in [0.717, 1.165) is 12.0 Å². The maximum absolute atomic E-state index is 11.8. The zero-order valence-corrected chi connectivity index (χ0v) is 19.7. The molecule has 2 saturated heterocycles. The van der Waals surface area contributed by atoms with Crippen LogP contribution in [0, 0.1) is 0 Å². The molecule has 0 bridgehead atoms. The van der Waals surface area contributed by atoms with Crippen molar-refractivity contribution >= 4 is 33.2 Å². The quantitative estimate of drug-likeness (QED) is 0.467. The lowest BCUT2D eigenvalue weighted by molar-refractivity contribution is 0.112. The second-order valence-electron chi connectivity index (χ2n) is 8.46. The molecule has 0 saturated carbocycles. The van der Waals surface area contributed by atoms with Gasteiger partial charge in [0.05, 0.1) is 26.0 Å². The van der Waals surface area contributed by atoms with Gasteiger partial charge >= 0.3 is 0 Å². The van der Waals surface area contributed by atoms with Crippen molar-refractivity contribution in [1.82, 2.24) is 24.2 Å². The molecule has 2 aliphatic rings. The summed E-state index contributed by atoms with van der Waals surface area (Å²) < 4.78 is 36.8. The molecule has 34 heavy (non-hydrogen) atoms. The first-order chi connectivity index (χ1) is 16.4. The molecule has 0 spiro atoms. The lowest BCUT2D eigenvalue weighted by Crippen LogP contribution is -2.47. The summed E-state index contributed by atoms with van der Waals surface area (Å²) in [5.41, 5.74) is 2.39. The van der Waals surface area contributed by atoms with Crippen molar-refractivity contribution in [2.75, 3.05) is 63.6 Å². The van der Waals surface area contributed by atoms with Gasteiger partial charge in [-0.3, -0.25) is 14.7 Å². The van der Waals surface area contributed by atoms with Gasteiger partial charge in [0.25, 0.3) is 0 Å². The van der Waals surface area contributed by atoms with E-state index < -0.39 is 10.0 Å². The second-order valence-corrected chi connectivity index (χ2v) is 10.4. The number of fused-ring (bicyclic) bond motifs is 1. The highest BCUT2D eigenvalue weighted by molar-refractivity contribution is 7.88. The summed E-state index contributed by atoms with van der Waals surface area (Å²) in [4.78, 5) is 29.1. The number of hydrogen-bond donors (Lipinski definition) is 0. The SMILES string of the molecule is CS(=O)(=O)N1CCN(Cc2cc3nc(-c4cncc(C=O)c4)nc(N4CCOCC4)c3o2)CC1. The summed E-state index contributed by atoms with van der Waals surface area (Å²) in [5.74, 6) is 1.90. The average molecular weight is 487 g/mol. The Morgan fingerprint density at radius 2 is 1.79 bits per heavy atom. The largest absolute Gasteiger partial charge is 0.454 e. The number of sulfonamides is 1. The number of furan rings is 1. The van der Waals surface area contributed by atoms with E-state index in [1.807, 2.05) is 6.07 Å². The molecular formula is C22H26N6O5S. The van der Waals surface area contributed by atoms with Crippen molar-refractivity contribution in [3.63, 3.8) is 0 Å². The average Bonchev–Trinajstić information content (AvgIpc) is 3.26. The number of ether oxygens (including phenoxy) is 1. The summed E-state index contributed by atoms with van der Waals surface area (Å²) in [6, 6.07) is 3.62. The number of aldehydes is 1. The summed E-state index contributed by atoms with van der Waals surface area (Å²) in [5, 5.41) is 0. The minimum absolute atomic E-state index is 0.454. The number of nitrogens with zero attached hydrogens (tertiary/aromatic N) is 6. The maximum atomic E-state index is 11.8. The van der Waals surface area contributed by atoms with Gasteiger partial charge < -0.3 is 14.1 Å². The van der Waals surface area contributed by atoms with Gasteiger partial charge in [-0.25, -0.2) is 18.4 Å². The molecule has 0 aliphatic carbocycles. The van der Waals surface area contributed by atoms with Gasteiger partial charge in [0.1, 0.15) is 11.3 Å². The minimum atomic E-state index is -3.17. The van der Waals surface area contributed by atoms with Crippen LogP contribution < -0.4 is 4.90 Å². The Hall–Kier alpha value is -2.93. The topological polar surface area (TPSA) is 122 Å². The molecule has 3 aromatic rings. The molecule has 11 nitrogen and oxygen atoms in total. The predicted octanol–water partition coefficient (Wildman–Crippen LogP) is 1.01. The van der Waals surface area contributed by atoms with Crippen LogP contribution in [-0.4, -0.2) is 97.6 Å². The van der Waals surface area contributed by atoms with Gasteiger partial charge in [0, 0.05) is 68.9 Å². The first-order valence-corrected chi connectivity index (χ1v) is 13.0. The lowest BCUT2D eigenvalue weighted by Gasteiger charge is -2.32. The molecule has 5 heterocycles. The van der Waals surface area contributed by atoms with E-state index in [1.165, 1.54) is 16.8 Å².